The first-order chi connectivity index (χ1) is 11.2. The molecule has 0 saturated carbocycles. The van der Waals surface area contributed by atoms with Crippen LogP contribution < -0.4 is 10.2 Å². The smallest absolute Gasteiger partial charge is 0.224 e. The molecule has 0 radical (unpaired) electrons. The zero-order valence-corrected chi connectivity index (χ0v) is 14.6. The lowest BCUT2D eigenvalue weighted by Crippen LogP contribution is -2.40. The number of para-hydroxylation sites is 1. The molecule has 0 bridgehead atoms. The van der Waals surface area contributed by atoms with Gasteiger partial charge in [-0.05, 0) is 42.7 Å². The van der Waals surface area contributed by atoms with Gasteiger partial charge in [0.05, 0.1) is 6.42 Å². The van der Waals surface area contributed by atoms with Crippen LogP contribution in [-0.2, 0) is 11.2 Å². The highest BCUT2D eigenvalue weighted by Gasteiger charge is 2.24. The van der Waals surface area contributed by atoms with E-state index in [1.165, 1.54) is 12.1 Å². The Morgan fingerprint density at radius 2 is 1.87 bits per heavy atom. The van der Waals surface area contributed by atoms with E-state index in [0.29, 0.717) is 19.0 Å². The second-order valence-electron chi connectivity index (χ2n) is 5.93. The minimum Gasteiger partial charge on any atom is -0.367 e. The summed E-state index contributed by atoms with van der Waals surface area (Å²) < 4.78 is 1.03. The maximum Gasteiger partial charge on any atom is 0.224 e. The molecular weight excluding hydrogens is 352 g/mol. The number of hydrogen-bond donors (Lipinski definition) is 1. The van der Waals surface area contributed by atoms with Crippen LogP contribution in [0.1, 0.15) is 18.4 Å². The number of halogens is 1. The third-order valence-corrected chi connectivity index (χ3v) is 4.81. The number of carbonyl (C=O) groups is 1. The molecule has 3 nitrogen and oxygen atoms in total. The topological polar surface area (TPSA) is 32.3 Å². The van der Waals surface area contributed by atoms with Crippen LogP contribution in [0.25, 0.3) is 0 Å². The highest BCUT2D eigenvalue weighted by molar-refractivity contribution is 9.10. The summed E-state index contributed by atoms with van der Waals surface area (Å²) in [4.78, 5) is 14.6. The van der Waals surface area contributed by atoms with Gasteiger partial charge >= 0.3 is 0 Å². The van der Waals surface area contributed by atoms with Gasteiger partial charge < -0.3 is 10.2 Å². The number of carbonyl (C=O) groups excluding carboxylic acids is 1. The molecule has 4 heteroatoms. The Hall–Kier alpha value is -1.81. The normalized spacial score (nSPS) is 17.3. The molecule has 1 aliphatic rings. The van der Waals surface area contributed by atoms with Crippen LogP contribution in [0.15, 0.2) is 59.1 Å². The van der Waals surface area contributed by atoms with Gasteiger partial charge in [0.2, 0.25) is 5.91 Å². The monoisotopic (exact) mass is 372 g/mol. The van der Waals surface area contributed by atoms with Gasteiger partial charge in [0.15, 0.2) is 0 Å². The van der Waals surface area contributed by atoms with Crippen molar-refractivity contribution in [3.63, 3.8) is 0 Å². The van der Waals surface area contributed by atoms with Crippen molar-refractivity contribution < 1.29 is 4.79 Å². The third-order valence-electron chi connectivity index (χ3n) is 4.28. The van der Waals surface area contributed by atoms with Crippen LogP contribution in [0, 0.1) is 0 Å². The standard InChI is InChI=1S/C19H21BrN2O/c20-16-10-8-15(9-11-16)13-19(23)21-14-18-7-4-12-22(18)17-5-2-1-3-6-17/h1-3,5-6,8-11,18H,4,7,12-14H2,(H,21,23)/t18-/m1/s1. The zero-order chi connectivity index (χ0) is 16.1. The van der Waals surface area contributed by atoms with E-state index >= 15 is 0 Å². The van der Waals surface area contributed by atoms with Gasteiger partial charge in [-0.15, -0.1) is 0 Å². The van der Waals surface area contributed by atoms with Crippen molar-refractivity contribution in [2.75, 3.05) is 18.0 Å². The molecule has 1 N–H and O–H groups in total. The van der Waals surface area contributed by atoms with Gasteiger partial charge in [0.25, 0.3) is 0 Å². The maximum absolute atomic E-state index is 12.2. The summed E-state index contributed by atoms with van der Waals surface area (Å²) in [6.45, 7) is 1.78. The van der Waals surface area contributed by atoms with E-state index in [1.54, 1.807) is 0 Å². The molecule has 1 atom stereocenters. The van der Waals surface area contributed by atoms with E-state index < -0.39 is 0 Å². The molecule has 23 heavy (non-hydrogen) atoms. The largest absolute Gasteiger partial charge is 0.367 e. The van der Waals surface area contributed by atoms with Crippen molar-refractivity contribution in [2.45, 2.75) is 25.3 Å². The zero-order valence-electron chi connectivity index (χ0n) is 13.0. The van der Waals surface area contributed by atoms with Crippen LogP contribution >= 0.6 is 15.9 Å². The molecule has 1 fully saturated rings. The summed E-state index contributed by atoms with van der Waals surface area (Å²) in [5.41, 5.74) is 2.29. The lowest BCUT2D eigenvalue weighted by Gasteiger charge is -2.27. The minimum absolute atomic E-state index is 0.0900. The van der Waals surface area contributed by atoms with Gasteiger partial charge in [0, 0.05) is 29.3 Å². The molecule has 0 spiro atoms. The third kappa shape index (κ3) is 4.35. The van der Waals surface area contributed by atoms with Crippen molar-refractivity contribution >= 4 is 27.5 Å². The van der Waals surface area contributed by atoms with Crippen LogP contribution in [0.2, 0.25) is 0 Å². The van der Waals surface area contributed by atoms with E-state index in [1.807, 2.05) is 30.3 Å². The first-order valence-corrected chi connectivity index (χ1v) is 8.84. The van der Waals surface area contributed by atoms with Crippen molar-refractivity contribution in [1.82, 2.24) is 5.32 Å². The van der Waals surface area contributed by atoms with Crippen LogP contribution in [0.5, 0.6) is 0 Å². The number of benzene rings is 2. The molecule has 0 unspecified atom stereocenters. The summed E-state index contributed by atoms with van der Waals surface area (Å²) in [6, 6.07) is 18.7. The molecule has 120 valence electrons. The van der Waals surface area contributed by atoms with Crippen molar-refractivity contribution in [2.24, 2.45) is 0 Å². The van der Waals surface area contributed by atoms with E-state index in [9.17, 15) is 4.79 Å². The molecule has 1 amide bonds. The maximum atomic E-state index is 12.2. The van der Waals surface area contributed by atoms with Crippen molar-refractivity contribution in [3.8, 4) is 0 Å². The van der Waals surface area contributed by atoms with Crippen molar-refractivity contribution in [1.29, 1.82) is 0 Å². The van der Waals surface area contributed by atoms with E-state index in [4.69, 9.17) is 0 Å². The Kier molecular flexibility index (Phi) is 5.34. The van der Waals surface area contributed by atoms with Crippen molar-refractivity contribution in [3.05, 3.63) is 64.6 Å². The van der Waals surface area contributed by atoms with E-state index in [-0.39, 0.29) is 5.91 Å². The van der Waals surface area contributed by atoms with Crippen LogP contribution in [0.4, 0.5) is 5.69 Å². The first-order valence-electron chi connectivity index (χ1n) is 8.05. The summed E-state index contributed by atoms with van der Waals surface area (Å²) in [6.07, 6.45) is 2.75. The Balaban J connectivity index is 1.53. The summed E-state index contributed by atoms with van der Waals surface area (Å²) in [5.74, 6) is 0.0900. The van der Waals surface area contributed by atoms with Gasteiger partial charge in [-0.3, -0.25) is 4.79 Å². The summed E-state index contributed by atoms with van der Waals surface area (Å²) in [5, 5.41) is 3.10. The fourth-order valence-corrected chi connectivity index (χ4v) is 3.35. The predicted octanol–water partition coefficient (Wildman–Crippen LogP) is 3.78. The number of anilines is 1. The molecule has 1 heterocycles. The fourth-order valence-electron chi connectivity index (χ4n) is 3.09. The highest BCUT2D eigenvalue weighted by atomic mass is 79.9. The van der Waals surface area contributed by atoms with E-state index in [2.05, 4.69) is 50.4 Å². The summed E-state index contributed by atoms with van der Waals surface area (Å²) >= 11 is 3.41. The number of hydrogen-bond acceptors (Lipinski definition) is 2. The lowest BCUT2D eigenvalue weighted by atomic mass is 10.1. The average molecular weight is 373 g/mol. The quantitative estimate of drug-likeness (QED) is 0.865. The fraction of sp³-hybridized carbons (Fsp3) is 0.316. The second kappa shape index (κ2) is 7.64. The number of nitrogens with zero attached hydrogens (tertiary/aromatic N) is 1. The molecule has 1 aliphatic heterocycles. The average Bonchev–Trinajstić information content (AvgIpc) is 3.04. The van der Waals surface area contributed by atoms with Crippen LogP contribution in [-0.4, -0.2) is 25.0 Å². The van der Waals surface area contributed by atoms with Gasteiger partial charge in [-0.1, -0.05) is 46.3 Å². The number of nitrogens with one attached hydrogen (secondary N) is 1. The lowest BCUT2D eigenvalue weighted by molar-refractivity contribution is -0.120. The Morgan fingerprint density at radius 1 is 1.13 bits per heavy atom. The summed E-state index contributed by atoms with van der Waals surface area (Å²) in [7, 11) is 0. The van der Waals surface area contributed by atoms with Gasteiger partial charge in [-0.25, -0.2) is 0 Å². The molecule has 1 saturated heterocycles. The van der Waals surface area contributed by atoms with E-state index in [0.717, 1.165) is 23.0 Å². The highest BCUT2D eigenvalue weighted by Crippen LogP contribution is 2.24. The van der Waals surface area contributed by atoms with Gasteiger partial charge in [0.1, 0.15) is 0 Å². The Morgan fingerprint density at radius 3 is 2.61 bits per heavy atom. The number of amides is 1. The molecule has 0 aliphatic carbocycles. The molecule has 2 aromatic carbocycles. The van der Waals surface area contributed by atoms with Gasteiger partial charge in [-0.2, -0.15) is 0 Å². The second-order valence-corrected chi connectivity index (χ2v) is 6.85. The minimum atomic E-state index is 0.0900. The SMILES string of the molecule is O=C(Cc1ccc(Br)cc1)NC[C@H]1CCCN1c1ccccc1. The molecule has 2 aromatic rings. The number of rotatable bonds is 5. The molecular formula is C19H21BrN2O. The Labute approximate surface area is 145 Å². The first kappa shape index (κ1) is 16.1. The Bertz CT molecular complexity index is 642. The van der Waals surface area contributed by atoms with Crippen LogP contribution in [0.3, 0.4) is 0 Å². The predicted molar refractivity (Wildman–Crippen MR) is 97.7 cm³/mol. The molecule has 0 aromatic heterocycles. The molecule has 3 rings (SSSR count).